The third kappa shape index (κ3) is 4.46. The molecule has 0 saturated carbocycles. The Morgan fingerprint density at radius 1 is 1.27 bits per heavy atom. The fraction of sp³-hybridized carbons (Fsp3) is 0.389. The first-order chi connectivity index (χ1) is 10.6. The Kier molecular flexibility index (Phi) is 6.22. The molecule has 0 fully saturated rings. The molecule has 2 aromatic rings. The molecule has 0 saturated heterocycles. The molecule has 0 aliphatic rings. The third-order valence-electron chi connectivity index (χ3n) is 3.77. The van der Waals surface area contributed by atoms with Gasteiger partial charge in [-0.05, 0) is 44.3 Å². The molecule has 0 unspecified atom stereocenters. The number of anilines is 1. The van der Waals surface area contributed by atoms with Gasteiger partial charge in [0.1, 0.15) is 0 Å². The van der Waals surface area contributed by atoms with Gasteiger partial charge < -0.3 is 10.2 Å². The van der Waals surface area contributed by atoms with Gasteiger partial charge in [0.25, 0.3) is 0 Å². The zero-order chi connectivity index (χ0) is 15.9. The summed E-state index contributed by atoms with van der Waals surface area (Å²) >= 11 is 6.03. The molecule has 2 rings (SSSR count). The van der Waals surface area contributed by atoms with E-state index in [1.165, 1.54) is 0 Å². The fourth-order valence-electron chi connectivity index (χ4n) is 2.44. The Morgan fingerprint density at radius 2 is 2.05 bits per heavy atom. The lowest BCUT2D eigenvalue weighted by Crippen LogP contribution is -2.23. The Morgan fingerprint density at radius 3 is 2.77 bits per heavy atom. The lowest BCUT2D eigenvalue weighted by Gasteiger charge is -2.16. The van der Waals surface area contributed by atoms with Crippen molar-refractivity contribution < 1.29 is 0 Å². The monoisotopic (exact) mass is 317 g/mol. The highest BCUT2D eigenvalue weighted by molar-refractivity contribution is 6.31. The average molecular weight is 318 g/mol. The van der Waals surface area contributed by atoms with E-state index in [4.69, 9.17) is 11.6 Å². The van der Waals surface area contributed by atoms with Gasteiger partial charge in [-0.3, -0.25) is 4.98 Å². The van der Waals surface area contributed by atoms with Crippen LogP contribution in [0.25, 0.3) is 10.9 Å². The number of rotatable bonds is 7. The van der Waals surface area contributed by atoms with Crippen LogP contribution in [0.15, 0.2) is 42.6 Å². The minimum Gasteiger partial charge on any atom is -0.379 e. The summed E-state index contributed by atoms with van der Waals surface area (Å²) in [6, 6.07) is 8.07. The van der Waals surface area contributed by atoms with E-state index in [0.29, 0.717) is 5.02 Å². The second kappa shape index (κ2) is 8.16. The van der Waals surface area contributed by atoms with Crippen molar-refractivity contribution in [3.05, 3.63) is 47.6 Å². The predicted octanol–water partition coefficient (Wildman–Crippen LogP) is 4.59. The highest BCUT2D eigenvalue weighted by Crippen LogP contribution is 2.24. The summed E-state index contributed by atoms with van der Waals surface area (Å²) in [4.78, 5) is 6.75. The zero-order valence-corrected chi connectivity index (χ0v) is 14.3. The molecular weight excluding hydrogens is 294 g/mol. The smallest absolute Gasteiger partial charge is 0.0737 e. The number of likely N-dealkylation sites (N-methyl/N-ethyl adjacent to an activating group) is 1. The first-order valence-corrected chi connectivity index (χ1v) is 8.21. The molecule has 0 spiro atoms. The maximum absolute atomic E-state index is 6.03. The summed E-state index contributed by atoms with van der Waals surface area (Å²) in [7, 11) is 0. The highest BCUT2D eigenvalue weighted by Gasteiger charge is 2.04. The SMILES string of the molecule is CCN(CC)C/C=C\[C@@H](C)Nc1ccnc2cc(Cl)ccc12. The van der Waals surface area contributed by atoms with Crippen LogP contribution in [0.1, 0.15) is 20.8 Å². The van der Waals surface area contributed by atoms with Gasteiger partial charge in [0.05, 0.1) is 5.52 Å². The molecule has 3 nitrogen and oxygen atoms in total. The van der Waals surface area contributed by atoms with Crippen molar-refractivity contribution in [3.8, 4) is 0 Å². The number of benzene rings is 1. The predicted molar refractivity (Wildman–Crippen MR) is 96.8 cm³/mol. The average Bonchev–Trinajstić information content (AvgIpc) is 2.51. The van der Waals surface area contributed by atoms with E-state index in [2.05, 4.69) is 48.1 Å². The maximum Gasteiger partial charge on any atom is 0.0737 e. The Hall–Kier alpha value is -1.58. The zero-order valence-electron chi connectivity index (χ0n) is 13.5. The van der Waals surface area contributed by atoms with Crippen LogP contribution >= 0.6 is 11.6 Å². The lowest BCUT2D eigenvalue weighted by atomic mass is 10.1. The summed E-state index contributed by atoms with van der Waals surface area (Å²) in [5, 5.41) is 5.33. The quantitative estimate of drug-likeness (QED) is 0.757. The van der Waals surface area contributed by atoms with Crippen molar-refractivity contribution in [1.82, 2.24) is 9.88 Å². The Bertz CT molecular complexity index is 635. The first-order valence-electron chi connectivity index (χ1n) is 7.83. The van der Waals surface area contributed by atoms with E-state index in [1.54, 1.807) is 0 Å². The van der Waals surface area contributed by atoms with Gasteiger partial charge in [-0.25, -0.2) is 0 Å². The maximum atomic E-state index is 6.03. The molecule has 0 aliphatic heterocycles. The number of aromatic nitrogens is 1. The van der Waals surface area contributed by atoms with E-state index < -0.39 is 0 Å². The molecule has 1 aromatic carbocycles. The van der Waals surface area contributed by atoms with E-state index in [-0.39, 0.29) is 6.04 Å². The van der Waals surface area contributed by atoms with Crippen LogP contribution in [-0.2, 0) is 0 Å². The minimum atomic E-state index is 0.261. The minimum absolute atomic E-state index is 0.261. The molecule has 1 aromatic heterocycles. The normalized spacial score (nSPS) is 13.1. The molecule has 1 atom stereocenters. The second-order valence-corrected chi connectivity index (χ2v) is 5.80. The van der Waals surface area contributed by atoms with Gasteiger partial charge in [-0.2, -0.15) is 0 Å². The summed E-state index contributed by atoms with van der Waals surface area (Å²) in [5.41, 5.74) is 2.00. The fourth-order valence-corrected chi connectivity index (χ4v) is 2.60. The summed E-state index contributed by atoms with van der Waals surface area (Å²) in [6.45, 7) is 9.68. The molecule has 0 radical (unpaired) electrons. The third-order valence-corrected chi connectivity index (χ3v) is 4.01. The van der Waals surface area contributed by atoms with Crippen molar-refractivity contribution >= 4 is 28.2 Å². The van der Waals surface area contributed by atoms with E-state index in [1.807, 2.05) is 30.5 Å². The standard InChI is InChI=1S/C18H24ClN3/c1-4-22(5-2)12-6-7-14(3)21-17-10-11-20-18-13-15(19)8-9-16(17)18/h6-11,13-14H,4-5,12H2,1-3H3,(H,20,21)/b7-6-/t14-/m1/s1. The van der Waals surface area contributed by atoms with Gasteiger partial charge in [0, 0.05) is 34.9 Å². The molecule has 0 aliphatic carbocycles. The van der Waals surface area contributed by atoms with Crippen LogP contribution < -0.4 is 5.32 Å². The number of hydrogen-bond donors (Lipinski definition) is 1. The van der Waals surface area contributed by atoms with Crippen molar-refractivity contribution in [2.45, 2.75) is 26.8 Å². The van der Waals surface area contributed by atoms with Crippen LogP contribution in [-0.4, -0.2) is 35.6 Å². The number of halogens is 1. The van der Waals surface area contributed by atoms with Crippen molar-refractivity contribution in [2.75, 3.05) is 25.0 Å². The van der Waals surface area contributed by atoms with E-state index in [9.17, 15) is 0 Å². The largest absolute Gasteiger partial charge is 0.379 e. The molecule has 1 heterocycles. The molecule has 4 heteroatoms. The molecule has 118 valence electrons. The van der Waals surface area contributed by atoms with Crippen molar-refractivity contribution in [2.24, 2.45) is 0 Å². The van der Waals surface area contributed by atoms with Gasteiger partial charge in [0.2, 0.25) is 0 Å². The van der Waals surface area contributed by atoms with Crippen LogP contribution in [0.3, 0.4) is 0 Å². The topological polar surface area (TPSA) is 28.2 Å². The number of pyridine rings is 1. The van der Waals surface area contributed by atoms with Gasteiger partial charge >= 0.3 is 0 Å². The Balaban J connectivity index is 2.05. The molecule has 0 amide bonds. The molecule has 0 bridgehead atoms. The van der Waals surface area contributed by atoms with Crippen LogP contribution in [0, 0.1) is 0 Å². The van der Waals surface area contributed by atoms with Crippen LogP contribution in [0.5, 0.6) is 0 Å². The van der Waals surface area contributed by atoms with Gasteiger partial charge in [0.15, 0.2) is 0 Å². The molecule has 1 N–H and O–H groups in total. The summed E-state index contributed by atoms with van der Waals surface area (Å²) in [5.74, 6) is 0. The Labute approximate surface area is 138 Å². The number of nitrogens with one attached hydrogen (secondary N) is 1. The number of fused-ring (bicyclic) bond motifs is 1. The van der Waals surface area contributed by atoms with Gasteiger partial charge in [-0.1, -0.05) is 37.6 Å². The molecular formula is C18H24ClN3. The molecule has 22 heavy (non-hydrogen) atoms. The van der Waals surface area contributed by atoms with E-state index in [0.717, 1.165) is 36.2 Å². The highest BCUT2D eigenvalue weighted by atomic mass is 35.5. The van der Waals surface area contributed by atoms with E-state index >= 15 is 0 Å². The van der Waals surface area contributed by atoms with Crippen LogP contribution in [0.4, 0.5) is 5.69 Å². The van der Waals surface area contributed by atoms with Crippen molar-refractivity contribution in [1.29, 1.82) is 0 Å². The number of nitrogens with zero attached hydrogens (tertiary/aromatic N) is 2. The second-order valence-electron chi connectivity index (χ2n) is 5.37. The number of hydrogen-bond acceptors (Lipinski definition) is 3. The van der Waals surface area contributed by atoms with Gasteiger partial charge in [-0.15, -0.1) is 0 Å². The van der Waals surface area contributed by atoms with Crippen LogP contribution in [0.2, 0.25) is 5.02 Å². The lowest BCUT2D eigenvalue weighted by molar-refractivity contribution is 0.337. The first kappa shape index (κ1) is 16.8. The summed E-state index contributed by atoms with van der Waals surface area (Å²) in [6.07, 6.45) is 6.25. The summed E-state index contributed by atoms with van der Waals surface area (Å²) < 4.78 is 0. The van der Waals surface area contributed by atoms with Crippen molar-refractivity contribution in [3.63, 3.8) is 0 Å².